The Bertz CT molecular complexity index is 429. The molecule has 1 aromatic rings. The number of para-hydroxylation sites is 1. The van der Waals surface area contributed by atoms with Crippen LogP contribution in [0.4, 0.5) is 0 Å². The second kappa shape index (κ2) is 6.57. The van der Waals surface area contributed by atoms with Crippen LogP contribution in [0.2, 0.25) is 0 Å². The lowest BCUT2D eigenvalue weighted by molar-refractivity contribution is -0.143. The number of aromatic hydroxyl groups is 1. The maximum atomic E-state index is 10.9. The standard InChI is InChI=1S/C15H23NO3/c1-11(10-15(2,16)14(18)19)6-5-8-12-7-3-4-9-13(12)17/h3-4,7,9,11,17H,5-6,8,10,16H2,1-2H3,(H,18,19). The molecule has 1 aromatic carbocycles. The van der Waals surface area contributed by atoms with Gasteiger partial charge in [-0.2, -0.15) is 0 Å². The zero-order chi connectivity index (χ0) is 14.5. The highest BCUT2D eigenvalue weighted by Crippen LogP contribution is 2.22. The highest BCUT2D eigenvalue weighted by molar-refractivity contribution is 5.77. The van der Waals surface area contributed by atoms with Crippen molar-refractivity contribution in [2.45, 2.75) is 45.1 Å². The Balaban J connectivity index is 2.38. The molecule has 0 spiro atoms. The summed E-state index contributed by atoms with van der Waals surface area (Å²) in [6.45, 7) is 3.56. The number of carboxylic acid groups (broad SMARTS) is 1. The van der Waals surface area contributed by atoms with E-state index in [4.69, 9.17) is 10.8 Å². The molecule has 0 aromatic heterocycles. The smallest absolute Gasteiger partial charge is 0.323 e. The average molecular weight is 265 g/mol. The molecule has 106 valence electrons. The summed E-state index contributed by atoms with van der Waals surface area (Å²) >= 11 is 0. The number of phenolic OH excluding ortho intramolecular Hbond substituents is 1. The van der Waals surface area contributed by atoms with Gasteiger partial charge in [-0.05, 0) is 43.7 Å². The van der Waals surface area contributed by atoms with E-state index in [9.17, 15) is 9.90 Å². The molecule has 0 aliphatic heterocycles. The fourth-order valence-electron chi connectivity index (χ4n) is 2.28. The number of rotatable bonds is 7. The van der Waals surface area contributed by atoms with Crippen LogP contribution in [0.1, 0.15) is 38.7 Å². The van der Waals surface area contributed by atoms with Gasteiger partial charge in [-0.15, -0.1) is 0 Å². The summed E-state index contributed by atoms with van der Waals surface area (Å²) in [4.78, 5) is 10.9. The molecule has 19 heavy (non-hydrogen) atoms. The molecule has 1 rings (SSSR count). The number of phenols is 1. The minimum Gasteiger partial charge on any atom is -0.508 e. The molecule has 0 aliphatic carbocycles. The lowest BCUT2D eigenvalue weighted by Crippen LogP contribution is -2.46. The molecular weight excluding hydrogens is 242 g/mol. The Hall–Kier alpha value is -1.55. The summed E-state index contributed by atoms with van der Waals surface area (Å²) in [6, 6.07) is 7.29. The van der Waals surface area contributed by atoms with Gasteiger partial charge in [0, 0.05) is 0 Å². The highest BCUT2D eigenvalue weighted by Gasteiger charge is 2.29. The fourth-order valence-corrected chi connectivity index (χ4v) is 2.28. The summed E-state index contributed by atoms with van der Waals surface area (Å²) in [7, 11) is 0. The van der Waals surface area contributed by atoms with Crippen molar-refractivity contribution in [1.29, 1.82) is 0 Å². The number of aliphatic carboxylic acids is 1. The topological polar surface area (TPSA) is 83.5 Å². The van der Waals surface area contributed by atoms with Crippen LogP contribution in [0, 0.1) is 5.92 Å². The van der Waals surface area contributed by atoms with Gasteiger partial charge >= 0.3 is 5.97 Å². The van der Waals surface area contributed by atoms with Gasteiger partial charge in [-0.1, -0.05) is 31.5 Å². The number of nitrogens with two attached hydrogens (primary N) is 1. The van der Waals surface area contributed by atoms with Crippen molar-refractivity contribution in [2.75, 3.05) is 0 Å². The Morgan fingerprint density at radius 1 is 1.42 bits per heavy atom. The van der Waals surface area contributed by atoms with Crippen molar-refractivity contribution in [3.63, 3.8) is 0 Å². The van der Waals surface area contributed by atoms with E-state index in [2.05, 4.69) is 0 Å². The zero-order valence-electron chi connectivity index (χ0n) is 11.6. The first-order chi connectivity index (χ1) is 8.83. The number of hydrogen-bond acceptors (Lipinski definition) is 3. The van der Waals surface area contributed by atoms with Gasteiger partial charge < -0.3 is 15.9 Å². The summed E-state index contributed by atoms with van der Waals surface area (Å²) < 4.78 is 0. The van der Waals surface area contributed by atoms with Crippen LogP contribution in [0.3, 0.4) is 0 Å². The minimum absolute atomic E-state index is 0.247. The van der Waals surface area contributed by atoms with Gasteiger partial charge in [0.2, 0.25) is 0 Å². The van der Waals surface area contributed by atoms with Crippen molar-refractivity contribution in [2.24, 2.45) is 11.7 Å². The van der Waals surface area contributed by atoms with Crippen LogP contribution < -0.4 is 5.73 Å². The van der Waals surface area contributed by atoms with Crippen molar-refractivity contribution in [3.8, 4) is 5.75 Å². The van der Waals surface area contributed by atoms with E-state index in [1.54, 1.807) is 19.1 Å². The molecule has 0 heterocycles. The third-order valence-electron chi connectivity index (χ3n) is 3.40. The van der Waals surface area contributed by atoms with Crippen LogP contribution in [0.5, 0.6) is 5.75 Å². The molecule has 2 atom stereocenters. The third kappa shape index (κ3) is 4.91. The summed E-state index contributed by atoms with van der Waals surface area (Å²) in [5.74, 6) is -0.388. The van der Waals surface area contributed by atoms with E-state index in [1.165, 1.54) is 0 Å². The van der Waals surface area contributed by atoms with E-state index >= 15 is 0 Å². The Kier molecular flexibility index (Phi) is 5.36. The molecule has 0 radical (unpaired) electrons. The van der Waals surface area contributed by atoms with Crippen LogP contribution >= 0.6 is 0 Å². The fraction of sp³-hybridized carbons (Fsp3) is 0.533. The predicted octanol–water partition coefficient (Wildman–Crippen LogP) is 2.54. The molecule has 0 fully saturated rings. The Morgan fingerprint density at radius 3 is 2.63 bits per heavy atom. The monoisotopic (exact) mass is 265 g/mol. The normalized spacial score (nSPS) is 15.7. The summed E-state index contributed by atoms with van der Waals surface area (Å²) in [5.41, 5.74) is 5.50. The average Bonchev–Trinajstić information content (AvgIpc) is 2.30. The number of hydrogen-bond donors (Lipinski definition) is 3. The SMILES string of the molecule is CC(CCCc1ccccc1O)CC(C)(N)C(=O)O. The first-order valence-electron chi connectivity index (χ1n) is 6.62. The van der Waals surface area contributed by atoms with Gasteiger partial charge in [0.1, 0.15) is 11.3 Å². The molecular formula is C15H23NO3. The summed E-state index contributed by atoms with van der Waals surface area (Å²) in [5, 5.41) is 18.6. The Morgan fingerprint density at radius 2 is 2.05 bits per heavy atom. The molecule has 4 nitrogen and oxygen atoms in total. The molecule has 0 saturated carbocycles. The van der Waals surface area contributed by atoms with E-state index in [0.717, 1.165) is 24.8 Å². The Labute approximate surface area is 114 Å². The molecule has 0 aliphatic rings. The largest absolute Gasteiger partial charge is 0.508 e. The molecule has 4 N–H and O–H groups in total. The van der Waals surface area contributed by atoms with Gasteiger partial charge in [-0.3, -0.25) is 4.79 Å². The lowest BCUT2D eigenvalue weighted by atomic mass is 9.87. The number of carbonyl (C=O) groups is 1. The molecule has 0 bridgehead atoms. The zero-order valence-corrected chi connectivity index (χ0v) is 11.6. The number of benzene rings is 1. The lowest BCUT2D eigenvalue weighted by Gasteiger charge is -2.23. The van der Waals surface area contributed by atoms with Gasteiger partial charge in [0.05, 0.1) is 0 Å². The van der Waals surface area contributed by atoms with Crippen molar-refractivity contribution >= 4 is 5.97 Å². The van der Waals surface area contributed by atoms with Crippen molar-refractivity contribution < 1.29 is 15.0 Å². The number of aryl methyl sites for hydroxylation is 1. The van der Waals surface area contributed by atoms with E-state index in [1.807, 2.05) is 19.1 Å². The van der Waals surface area contributed by atoms with E-state index < -0.39 is 11.5 Å². The molecule has 0 saturated heterocycles. The highest BCUT2D eigenvalue weighted by atomic mass is 16.4. The van der Waals surface area contributed by atoms with Crippen LogP contribution in [0.25, 0.3) is 0 Å². The molecule has 4 heteroatoms. The van der Waals surface area contributed by atoms with Crippen LogP contribution in [-0.4, -0.2) is 21.7 Å². The van der Waals surface area contributed by atoms with E-state index in [-0.39, 0.29) is 5.92 Å². The first kappa shape index (κ1) is 15.5. The van der Waals surface area contributed by atoms with Crippen LogP contribution in [-0.2, 0) is 11.2 Å². The maximum absolute atomic E-state index is 10.9. The molecule has 0 amide bonds. The summed E-state index contributed by atoms with van der Waals surface area (Å²) in [6.07, 6.45) is 3.07. The predicted molar refractivity (Wildman–Crippen MR) is 75.1 cm³/mol. The third-order valence-corrected chi connectivity index (χ3v) is 3.40. The van der Waals surface area contributed by atoms with Crippen LogP contribution in [0.15, 0.2) is 24.3 Å². The second-order valence-electron chi connectivity index (χ2n) is 5.55. The van der Waals surface area contributed by atoms with Gasteiger partial charge in [-0.25, -0.2) is 0 Å². The quantitative estimate of drug-likeness (QED) is 0.707. The number of carboxylic acids is 1. The second-order valence-corrected chi connectivity index (χ2v) is 5.55. The minimum atomic E-state index is -1.16. The van der Waals surface area contributed by atoms with Crippen molar-refractivity contribution in [3.05, 3.63) is 29.8 Å². The van der Waals surface area contributed by atoms with Gasteiger partial charge in [0.15, 0.2) is 0 Å². The maximum Gasteiger partial charge on any atom is 0.323 e. The van der Waals surface area contributed by atoms with Gasteiger partial charge in [0.25, 0.3) is 0 Å². The van der Waals surface area contributed by atoms with E-state index in [0.29, 0.717) is 12.2 Å². The van der Waals surface area contributed by atoms with Crippen molar-refractivity contribution in [1.82, 2.24) is 0 Å². The first-order valence-corrected chi connectivity index (χ1v) is 6.62. The molecule has 2 unspecified atom stereocenters.